The summed E-state index contributed by atoms with van der Waals surface area (Å²) in [5, 5.41) is 17.8. The average Bonchev–Trinajstić information content (AvgIpc) is 2.95. The molecule has 4 aromatic carbocycles. The first kappa shape index (κ1) is 28.0. The van der Waals surface area contributed by atoms with Crippen molar-refractivity contribution in [3.8, 4) is 11.5 Å². The van der Waals surface area contributed by atoms with Crippen molar-refractivity contribution in [1.29, 1.82) is 0 Å². The molecule has 0 radical (unpaired) electrons. The lowest BCUT2D eigenvalue weighted by atomic mass is 10.0. The number of phenolic OH excluding ortho intramolecular Hbond substituents is 1. The number of nitrogens with one attached hydrogen (secondary N) is 2. The molecular formula is C31H31N3O6. The summed E-state index contributed by atoms with van der Waals surface area (Å²) >= 11 is 0. The first-order chi connectivity index (χ1) is 19.4. The number of carbonyl (C=O) groups excluding carboxylic acids is 2. The molecule has 5 N–H and O–H groups in total. The number of para-hydroxylation sites is 2. The van der Waals surface area contributed by atoms with Gasteiger partial charge in [0.1, 0.15) is 6.10 Å². The summed E-state index contributed by atoms with van der Waals surface area (Å²) in [4.78, 5) is 25.9. The molecule has 0 saturated carbocycles. The number of carbonyl (C=O) groups is 2. The van der Waals surface area contributed by atoms with Crippen LogP contribution in [-0.4, -0.2) is 36.9 Å². The Morgan fingerprint density at radius 1 is 0.950 bits per heavy atom. The molecule has 0 spiro atoms. The molecule has 0 unspecified atom stereocenters. The summed E-state index contributed by atoms with van der Waals surface area (Å²) < 4.78 is 16.9. The number of anilines is 3. The van der Waals surface area contributed by atoms with Gasteiger partial charge >= 0.3 is 6.09 Å². The van der Waals surface area contributed by atoms with Crippen LogP contribution in [0.25, 0.3) is 10.8 Å². The van der Waals surface area contributed by atoms with Crippen LogP contribution in [0.3, 0.4) is 0 Å². The molecule has 0 heterocycles. The van der Waals surface area contributed by atoms with E-state index in [0.717, 1.165) is 10.8 Å². The standard InChI is InChI=1S/C31H31N3O6/c1-3-39-28(17-18-29(36)33-25-13-7-6-12-23(25)32)30(21-15-16-27(38-2)26(35)19-21)40-31(37)34-24-14-8-10-20-9-4-5-11-22(20)24/h4-19,28,30,35H,3,32H2,1-2H3,(H,33,36)(H,34,37)/b18-17+/t28-,30-/m0/s1. The fourth-order valence-corrected chi connectivity index (χ4v) is 4.20. The summed E-state index contributed by atoms with van der Waals surface area (Å²) in [5.41, 5.74) is 7.82. The van der Waals surface area contributed by atoms with Gasteiger partial charge in [0.05, 0.1) is 24.2 Å². The zero-order valence-electron chi connectivity index (χ0n) is 22.2. The molecule has 0 aromatic heterocycles. The molecular weight excluding hydrogens is 510 g/mol. The Bertz CT molecular complexity index is 1510. The largest absolute Gasteiger partial charge is 0.504 e. The van der Waals surface area contributed by atoms with Crippen molar-refractivity contribution in [2.75, 3.05) is 30.1 Å². The van der Waals surface area contributed by atoms with E-state index in [1.807, 2.05) is 36.4 Å². The highest BCUT2D eigenvalue weighted by Gasteiger charge is 2.27. The summed E-state index contributed by atoms with van der Waals surface area (Å²) in [5.74, 6) is -0.329. The van der Waals surface area contributed by atoms with E-state index in [-0.39, 0.29) is 18.1 Å². The van der Waals surface area contributed by atoms with Gasteiger partial charge in [0.2, 0.25) is 5.91 Å². The monoisotopic (exact) mass is 541 g/mol. The second-order valence-corrected chi connectivity index (χ2v) is 8.76. The van der Waals surface area contributed by atoms with Crippen LogP contribution in [0.4, 0.5) is 21.9 Å². The lowest BCUT2D eigenvalue weighted by molar-refractivity contribution is -0.112. The van der Waals surface area contributed by atoms with Crippen LogP contribution in [0.1, 0.15) is 18.6 Å². The Hall–Kier alpha value is -5.02. The van der Waals surface area contributed by atoms with E-state index in [0.29, 0.717) is 22.6 Å². The van der Waals surface area contributed by atoms with Gasteiger partial charge in [-0.2, -0.15) is 0 Å². The van der Waals surface area contributed by atoms with Gasteiger partial charge < -0.3 is 30.4 Å². The van der Waals surface area contributed by atoms with Crippen LogP contribution in [0.2, 0.25) is 0 Å². The van der Waals surface area contributed by atoms with Crippen molar-refractivity contribution in [2.45, 2.75) is 19.1 Å². The van der Waals surface area contributed by atoms with Gasteiger partial charge in [0, 0.05) is 18.1 Å². The van der Waals surface area contributed by atoms with Gasteiger partial charge in [-0.05, 0) is 54.3 Å². The predicted molar refractivity (Wildman–Crippen MR) is 155 cm³/mol. The van der Waals surface area contributed by atoms with E-state index in [1.165, 1.54) is 25.3 Å². The summed E-state index contributed by atoms with van der Waals surface area (Å²) in [7, 11) is 1.43. The van der Waals surface area contributed by atoms with Gasteiger partial charge in [0.15, 0.2) is 17.6 Å². The number of hydrogen-bond donors (Lipinski definition) is 4. The van der Waals surface area contributed by atoms with E-state index in [1.54, 1.807) is 49.4 Å². The van der Waals surface area contributed by atoms with Gasteiger partial charge in [-0.25, -0.2) is 4.79 Å². The number of aromatic hydroxyl groups is 1. The average molecular weight is 542 g/mol. The van der Waals surface area contributed by atoms with Crippen LogP contribution >= 0.6 is 0 Å². The van der Waals surface area contributed by atoms with E-state index in [4.69, 9.17) is 19.9 Å². The molecule has 0 aliphatic carbocycles. The van der Waals surface area contributed by atoms with E-state index in [2.05, 4.69) is 10.6 Å². The molecule has 0 aliphatic heterocycles. The Balaban J connectivity index is 1.61. The third-order valence-electron chi connectivity index (χ3n) is 6.11. The minimum absolute atomic E-state index is 0.139. The number of nitrogens with two attached hydrogens (primary N) is 1. The maximum atomic E-state index is 13.2. The number of fused-ring (bicyclic) bond motifs is 1. The van der Waals surface area contributed by atoms with Gasteiger partial charge in [-0.3, -0.25) is 10.1 Å². The highest BCUT2D eigenvalue weighted by Crippen LogP contribution is 2.33. The number of benzene rings is 4. The number of ether oxygens (including phenoxy) is 3. The van der Waals surface area contributed by atoms with Crippen molar-refractivity contribution < 1.29 is 28.9 Å². The first-order valence-electron chi connectivity index (χ1n) is 12.7. The van der Waals surface area contributed by atoms with Crippen molar-refractivity contribution in [1.82, 2.24) is 0 Å². The van der Waals surface area contributed by atoms with Crippen LogP contribution in [0, 0.1) is 0 Å². The maximum absolute atomic E-state index is 13.2. The summed E-state index contributed by atoms with van der Waals surface area (Å²) in [6.45, 7) is 2.04. The third kappa shape index (κ3) is 6.89. The molecule has 40 heavy (non-hydrogen) atoms. The zero-order valence-corrected chi connectivity index (χ0v) is 22.2. The van der Waals surface area contributed by atoms with Crippen molar-refractivity contribution in [3.05, 3.63) is 103 Å². The summed E-state index contributed by atoms with van der Waals surface area (Å²) in [6, 6.07) is 24.7. The van der Waals surface area contributed by atoms with E-state index < -0.39 is 24.2 Å². The second-order valence-electron chi connectivity index (χ2n) is 8.76. The molecule has 0 aliphatic rings. The molecule has 2 amide bonds. The fraction of sp³-hybridized carbons (Fsp3) is 0.161. The highest BCUT2D eigenvalue weighted by atomic mass is 16.6. The highest BCUT2D eigenvalue weighted by molar-refractivity contribution is 6.01. The van der Waals surface area contributed by atoms with Crippen molar-refractivity contribution in [2.24, 2.45) is 0 Å². The molecule has 9 heteroatoms. The smallest absolute Gasteiger partial charge is 0.412 e. The van der Waals surface area contributed by atoms with Crippen LogP contribution in [0.5, 0.6) is 11.5 Å². The zero-order chi connectivity index (χ0) is 28.5. The molecule has 4 rings (SSSR count). The van der Waals surface area contributed by atoms with Crippen LogP contribution in [0.15, 0.2) is 97.1 Å². The Labute approximate surface area is 232 Å². The van der Waals surface area contributed by atoms with E-state index in [9.17, 15) is 14.7 Å². The van der Waals surface area contributed by atoms with Crippen LogP contribution in [-0.2, 0) is 14.3 Å². The van der Waals surface area contributed by atoms with Gasteiger partial charge in [-0.1, -0.05) is 54.6 Å². The third-order valence-corrected chi connectivity index (χ3v) is 6.11. The lowest BCUT2D eigenvalue weighted by Gasteiger charge is -2.26. The second kappa shape index (κ2) is 13.2. The molecule has 9 nitrogen and oxygen atoms in total. The number of rotatable bonds is 10. The lowest BCUT2D eigenvalue weighted by Crippen LogP contribution is -2.28. The Kier molecular flexibility index (Phi) is 9.22. The molecule has 0 saturated heterocycles. The molecule has 206 valence electrons. The minimum Gasteiger partial charge on any atom is -0.504 e. The number of amides is 2. The van der Waals surface area contributed by atoms with Gasteiger partial charge in [0.25, 0.3) is 0 Å². The number of methoxy groups -OCH3 is 1. The molecule has 0 fully saturated rings. The summed E-state index contributed by atoms with van der Waals surface area (Å²) in [6.07, 6.45) is 0.133. The maximum Gasteiger partial charge on any atom is 0.412 e. The van der Waals surface area contributed by atoms with E-state index >= 15 is 0 Å². The van der Waals surface area contributed by atoms with Crippen molar-refractivity contribution in [3.63, 3.8) is 0 Å². The predicted octanol–water partition coefficient (Wildman–Crippen LogP) is 6.03. The Morgan fingerprint density at radius 3 is 2.42 bits per heavy atom. The molecule has 0 bridgehead atoms. The van der Waals surface area contributed by atoms with Crippen LogP contribution < -0.4 is 21.1 Å². The van der Waals surface area contributed by atoms with Crippen molar-refractivity contribution >= 4 is 39.8 Å². The fourth-order valence-electron chi connectivity index (χ4n) is 4.20. The molecule has 2 atom stereocenters. The minimum atomic E-state index is -1.03. The number of hydrogen-bond acceptors (Lipinski definition) is 7. The normalized spacial score (nSPS) is 12.6. The van der Waals surface area contributed by atoms with Gasteiger partial charge in [-0.15, -0.1) is 0 Å². The Morgan fingerprint density at radius 2 is 1.68 bits per heavy atom. The number of phenols is 1. The molecule has 4 aromatic rings. The topological polar surface area (TPSA) is 132 Å². The first-order valence-corrected chi connectivity index (χ1v) is 12.7. The SMILES string of the molecule is CCO[C@@H](/C=C/C(=O)Nc1ccccc1N)[C@@H](OC(=O)Nc1cccc2ccccc12)c1ccc(OC)c(O)c1. The number of nitrogen functional groups attached to an aromatic ring is 1. The quantitative estimate of drug-likeness (QED) is 0.142.